The summed E-state index contributed by atoms with van der Waals surface area (Å²) >= 11 is 0. The second kappa shape index (κ2) is 5.47. The Balaban J connectivity index is 2.33. The van der Waals surface area contributed by atoms with Crippen molar-refractivity contribution in [1.29, 1.82) is 0 Å². The third-order valence-electron chi connectivity index (χ3n) is 2.65. The standard InChI is InChI=1S/C11H15N5O3S/c1-7(11-13-6-14-15-11)16-20(17,18)10-5-8(12)3-4-9(10)19-2/h3-7,16H,12H2,1-2H3,(H,13,14,15). The van der Waals surface area contributed by atoms with Crippen molar-refractivity contribution in [1.82, 2.24) is 19.9 Å². The lowest BCUT2D eigenvalue weighted by Gasteiger charge is -2.14. The summed E-state index contributed by atoms with van der Waals surface area (Å²) < 4.78 is 32.3. The first-order valence-corrected chi connectivity index (χ1v) is 7.23. The van der Waals surface area contributed by atoms with Crippen LogP contribution < -0.4 is 15.2 Å². The first kappa shape index (κ1) is 14.3. The Labute approximate surface area is 116 Å². The average Bonchev–Trinajstić information content (AvgIpc) is 2.92. The van der Waals surface area contributed by atoms with Crippen molar-refractivity contribution in [2.45, 2.75) is 17.9 Å². The van der Waals surface area contributed by atoms with Crippen LogP contribution in [0.15, 0.2) is 29.4 Å². The number of nitrogens with one attached hydrogen (secondary N) is 2. The fraction of sp³-hybridized carbons (Fsp3) is 0.273. The van der Waals surface area contributed by atoms with E-state index in [4.69, 9.17) is 10.5 Å². The Bertz CT molecular complexity index is 684. The number of hydrogen-bond acceptors (Lipinski definition) is 6. The van der Waals surface area contributed by atoms with Crippen molar-refractivity contribution in [2.24, 2.45) is 0 Å². The molecule has 1 heterocycles. The van der Waals surface area contributed by atoms with Gasteiger partial charge in [-0.15, -0.1) is 0 Å². The minimum Gasteiger partial charge on any atom is -0.495 e. The summed E-state index contributed by atoms with van der Waals surface area (Å²) in [4.78, 5) is 3.88. The quantitative estimate of drug-likeness (QED) is 0.688. The number of aromatic nitrogens is 3. The van der Waals surface area contributed by atoms with Crippen LogP contribution in [0.4, 0.5) is 5.69 Å². The molecule has 20 heavy (non-hydrogen) atoms. The van der Waals surface area contributed by atoms with E-state index in [1.54, 1.807) is 13.0 Å². The number of rotatable bonds is 5. The van der Waals surface area contributed by atoms with Gasteiger partial charge >= 0.3 is 0 Å². The van der Waals surface area contributed by atoms with Gasteiger partial charge in [0.2, 0.25) is 10.0 Å². The van der Waals surface area contributed by atoms with Gasteiger partial charge in [0.05, 0.1) is 13.2 Å². The maximum absolute atomic E-state index is 12.4. The highest BCUT2D eigenvalue weighted by molar-refractivity contribution is 7.89. The lowest BCUT2D eigenvalue weighted by atomic mass is 10.3. The fourth-order valence-corrected chi connectivity index (χ4v) is 3.09. The normalized spacial score (nSPS) is 13.1. The molecule has 1 aromatic heterocycles. The van der Waals surface area contributed by atoms with Crippen LogP contribution in [0.3, 0.4) is 0 Å². The molecule has 1 atom stereocenters. The van der Waals surface area contributed by atoms with Crippen LogP contribution in [0.5, 0.6) is 5.75 Å². The maximum atomic E-state index is 12.4. The number of nitrogens with two attached hydrogens (primary N) is 1. The summed E-state index contributed by atoms with van der Waals surface area (Å²) in [6, 6.07) is 3.85. The Morgan fingerprint density at radius 2 is 2.20 bits per heavy atom. The molecule has 108 valence electrons. The Kier molecular flexibility index (Phi) is 3.91. The predicted octanol–water partition coefficient (Wildman–Crippen LogP) is 0.435. The number of benzene rings is 1. The third-order valence-corrected chi connectivity index (χ3v) is 4.21. The van der Waals surface area contributed by atoms with E-state index < -0.39 is 16.1 Å². The van der Waals surface area contributed by atoms with Crippen LogP contribution in [0.1, 0.15) is 18.8 Å². The lowest BCUT2D eigenvalue weighted by molar-refractivity contribution is 0.402. The first-order valence-electron chi connectivity index (χ1n) is 5.75. The van der Waals surface area contributed by atoms with Crippen molar-refractivity contribution in [3.63, 3.8) is 0 Å². The number of ether oxygens (including phenoxy) is 1. The summed E-state index contributed by atoms with van der Waals surface area (Å²) in [7, 11) is -2.40. The van der Waals surface area contributed by atoms with Crippen molar-refractivity contribution < 1.29 is 13.2 Å². The highest BCUT2D eigenvalue weighted by Gasteiger charge is 2.23. The van der Waals surface area contributed by atoms with Gasteiger partial charge in [0.25, 0.3) is 0 Å². The van der Waals surface area contributed by atoms with Crippen LogP contribution in [-0.4, -0.2) is 30.7 Å². The number of nitrogen functional groups attached to an aromatic ring is 1. The number of H-pyrrole nitrogens is 1. The third kappa shape index (κ3) is 2.89. The molecule has 0 aliphatic rings. The Morgan fingerprint density at radius 1 is 1.45 bits per heavy atom. The largest absolute Gasteiger partial charge is 0.495 e. The van der Waals surface area contributed by atoms with E-state index in [0.717, 1.165) is 0 Å². The second-order valence-electron chi connectivity index (χ2n) is 4.12. The van der Waals surface area contributed by atoms with Gasteiger partial charge in [-0.25, -0.2) is 18.1 Å². The van der Waals surface area contributed by atoms with E-state index in [2.05, 4.69) is 19.9 Å². The molecule has 9 heteroatoms. The molecule has 8 nitrogen and oxygen atoms in total. The Hall–Kier alpha value is -2.13. The first-order chi connectivity index (χ1) is 9.44. The molecule has 0 amide bonds. The highest BCUT2D eigenvalue weighted by atomic mass is 32.2. The minimum absolute atomic E-state index is 0.0219. The van der Waals surface area contributed by atoms with Gasteiger partial charge in [-0.3, -0.25) is 5.10 Å². The van der Waals surface area contributed by atoms with Crippen molar-refractivity contribution in [3.8, 4) is 5.75 Å². The van der Waals surface area contributed by atoms with Crippen LogP contribution in [-0.2, 0) is 10.0 Å². The number of aromatic amines is 1. The van der Waals surface area contributed by atoms with Gasteiger partial charge in [0, 0.05) is 5.69 Å². The highest BCUT2D eigenvalue weighted by Crippen LogP contribution is 2.26. The molecular weight excluding hydrogens is 282 g/mol. The lowest BCUT2D eigenvalue weighted by Crippen LogP contribution is -2.28. The molecule has 0 fully saturated rings. The monoisotopic (exact) mass is 297 g/mol. The molecule has 0 aliphatic carbocycles. The van der Waals surface area contributed by atoms with Gasteiger partial charge in [-0.05, 0) is 25.1 Å². The molecule has 0 bridgehead atoms. The van der Waals surface area contributed by atoms with Gasteiger partial charge in [-0.1, -0.05) is 0 Å². The zero-order valence-electron chi connectivity index (χ0n) is 11.0. The Morgan fingerprint density at radius 3 is 2.80 bits per heavy atom. The van der Waals surface area contributed by atoms with E-state index in [1.165, 1.54) is 25.6 Å². The van der Waals surface area contributed by atoms with E-state index in [9.17, 15) is 8.42 Å². The average molecular weight is 297 g/mol. The van der Waals surface area contributed by atoms with E-state index >= 15 is 0 Å². The van der Waals surface area contributed by atoms with Gasteiger partial charge < -0.3 is 10.5 Å². The molecule has 1 unspecified atom stereocenters. The SMILES string of the molecule is COc1ccc(N)cc1S(=O)(=O)NC(C)c1ncn[nH]1. The smallest absolute Gasteiger partial charge is 0.244 e. The molecule has 0 spiro atoms. The molecule has 0 radical (unpaired) electrons. The summed E-state index contributed by atoms with van der Waals surface area (Å²) in [5.41, 5.74) is 5.96. The van der Waals surface area contributed by atoms with Gasteiger partial charge in [0.1, 0.15) is 22.8 Å². The fourth-order valence-electron chi connectivity index (χ4n) is 1.68. The van der Waals surface area contributed by atoms with Crippen molar-refractivity contribution in [3.05, 3.63) is 30.4 Å². The molecule has 4 N–H and O–H groups in total. The van der Waals surface area contributed by atoms with Gasteiger partial charge in [0.15, 0.2) is 0 Å². The van der Waals surface area contributed by atoms with E-state index in [1.807, 2.05) is 0 Å². The summed E-state index contributed by atoms with van der Waals surface area (Å²) in [6.07, 6.45) is 1.31. The van der Waals surface area contributed by atoms with Crippen LogP contribution in [0.25, 0.3) is 0 Å². The topological polar surface area (TPSA) is 123 Å². The molecular formula is C11H15N5O3S. The number of hydrogen-bond donors (Lipinski definition) is 3. The summed E-state index contributed by atoms with van der Waals surface area (Å²) in [5, 5.41) is 6.29. The van der Waals surface area contributed by atoms with Gasteiger partial charge in [-0.2, -0.15) is 5.10 Å². The second-order valence-corrected chi connectivity index (χ2v) is 5.81. The summed E-state index contributed by atoms with van der Waals surface area (Å²) in [6.45, 7) is 1.65. The molecule has 2 rings (SSSR count). The number of nitrogens with zero attached hydrogens (tertiary/aromatic N) is 2. The van der Waals surface area contributed by atoms with Crippen molar-refractivity contribution in [2.75, 3.05) is 12.8 Å². The van der Waals surface area contributed by atoms with Crippen LogP contribution in [0.2, 0.25) is 0 Å². The van der Waals surface area contributed by atoms with E-state index in [0.29, 0.717) is 11.5 Å². The minimum atomic E-state index is -3.79. The predicted molar refractivity (Wildman–Crippen MR) is 72.5 cm³/mol. The maximum Gasteiger partial charge on any atom is 0.244 e. The molecule has 0 saturated carbocycles. The molecule has 2 aromatic rings. The summed E-state index contributed by atoms with van der Waals surface area (Å²) in [5.74, 6) is 0.632. The molecule has 0 saturated heterocycles. The number of methoxy groups -OCH3 is 1. The van der Waals surface area contributed by atoms with Crippen LogP contribution in [0, 0.1) is 0 Å². The number of anilines is 1. The number of sulfonamides is 1. The zero-order valence-corrected chi connectivity index (χ0v) is 11.8. The van der Waals surface area contributed by atoms with E-state index in [-0.39, 0.29) is 10.6 Å². The molecule has 0 aliphatic heterocycles. The molecule has 1 aromatic carbocycles. The zero-order chi connectivity index (χ0) is 14.8. The van der Waals surface area contributed by atoms with Crippen LogP contribution >= 0.6 is 0 Å². The van der Waals surface area contributed by atoms with Crippen molar-refractivity contribution >= 4 is 15.7 Å².